The minimum absolute atomic E-state index is 0.0414. The van der Waals surface area contributed by atoms with Crippen LogP contribution in [-0.4, -0.2) is 25.1 Å². The maximum absolute atomic E-state index is 11.9. The number of halogens is 3. The Morgan fingerprint density at radius 2 is 1.86 bits per heavy atom. The monoisotopic (exact) mass is 441 g/mol. The number of benzene rings is 1. The largest absolute Gasteiger partial charge is 0.434 e. The van der Waals surface area contributed by atoms with E-state index in [-0.39, 0.29) is 33.3 Å². The van der Waals surface area contributed by atoms with E-state index < -0.39 is 11.2 Å². The Bertz CT molecular complexity index is 1120. The van der Waals surface area contributed by atoms with Crippen LogP contribution in [0.25, 0.3) is 11.3 Å². The summed E-state index contributed by atoms with van der Waals surface area (Å²) in [6.07, 6.45) is 2.19. The molecule has 2 aromatic heterocycles. The Labute approximate surface area is 173 Å². The van der Waals surface area contributed by atoms with E-state index in [2.05, 4.69) is 25.1 Å². The number of aromatic nitrogens is 5. The first kappa shape index (κ1) is 20.3. The number of ether oxygens (including phenoxy) is 1. The summed E-state index contributed by atoms with van der Waals surface area (Å²) < 4.78 is 5.71. The molecule has 0 amide bonds. The van der Waals surface area contributed by atoms with Crippen molar-refractivity contribution < 1.29 is 4.74 Å². The average Bonchev–Trinajstić information content (AvgIpc) is 2.65. The van der Waals surface area contributed by atoms with Crippen LogP contribution in [0.5, 0.6) is 11.6 Å². The van der Waals surface area contributed by atoms with Crippen LogP contribution in [0.2, 0.25) is 15.2 Å². The Kier molecular flexibility index (Phi) is 6.02. The first-order chi connectivity index (χ1) is 13.3. The van der Waals surface area contributed by atoms with E-state index >= 15 is 0 Å². The SMILES string of the molecule is CCC(C)c1nc(Oc2c(Cl)cc(-c3n[nH]c(=O)[nH]c3=O)cc2Cl)cnc1Cl. The maximum Gasteiger partial charge on any atom is 0.342 e. The van der Waals surface area contributed by atoms with Gasteiger partial charge in [0.25, 0.3) is 5.56 Å². The zero-order valence-corrected chi connectivity index (χ0v) is 17.0. The summed E-state index contributed by atoms with van der Waals surface area (Å²) >= 11 is 18.7. The lowest BCUT2D eigenvalue weighted by Gasteiger charge is -2.13. The normalized spacial score (nSPS) is 12.0. The van der Waals surface area contributed by atoms with Crippen molar-refractivity contribution in [1.29, 1.82) is 0 Å². The Morgan fingerprint density at radius 1 is 1.18 bits per heavy atom. The van der Waals surface area contributed by atoms with Crippen LogP contribution in [-0.2, 0) is 0 Å². The van der Waals surface area contributed by atoms with Crippen LogP contribution in [0, 0.1) is 0 Å². The molecule has 0 radical (unpaired) electrons. The third kappa shape index (κ3) is 4.19. The van der Waals surface area contributed by atoms with Gasteiger partial charge in [0.15, 0.2) is 16.6 Å². The molecule has 0 bridgehead atoms. The Hall–Kier alpha value is -2.42. The van der Waals surface area contributed by atoms with E-state index in [0.717, 1.165) is 6.42 Å². The zero-order chi connectivity index (χ0) is 20.4. The summed E-state index contributed by atoms with van der Waals surface area (Å²) in [5.74, 6) is 0.408. The molecule has 3 aromatic rings. The summed E-state index contributed by atoms with van der Waals surface area (Å²) in [6.45, 7) is 3.98. The molecule has 0 saturated carbocycles. The molecule has 146 valence electrons. The molecule has 2 heterocycles. The molecular formula is C17H14Cl3N5O3. The maximum atomic E-state index is 11.9. The van der Waals surface area contributed by atoms with Crippen molar-refractivity contribution >= 4 is 34.8 Å². The van der Waals surface area contributed by atoms with E-state index in [0.29, 0.717) is 16.4 Å². The van der Waals surface area contributed by atoms with Gasteiger partial charge >= 0.3 is 5.69 Å². The zero-order valence-electron chi connectivity index (χ0n) is 14.7. The molecule has 0 aliphatic heterocycles. The number of nitrogens with zero attached hydrogens (tertiary/aromatic N) is 3. The molecule has 0 saturated heterocycles. The van der Waals surface area contributed by atoms with Crippen molar-refractivity contribution in [1.82, 2.24) is 25.1 Å². The molecular weight excluding hydrogens is 429 g/mol. The lowest BCUT2D eigenvalue weighted by atomic mass is 10.1. The van der Waals surface area contributed by atoms with Gasteiger partial charge in [-0.3, -0.25) is 9.78 Å². The van der Waals surface area contributed by atoms with Crippen LogP contribution in [0.3, 0.4) is 0 Å². The van der Waals surface area contributed by atoms with Gasteiger partial charge in [-0.2, -0.15) is 5.10 Å². The molecule has 0 spiro atoms. The van der Waals surface area contributed by atoms with Crippen LogP contribution in [0.1, 0.15) is 31.9 Å². The lowest BCUT2D eigenvalue weighted by molar-refractivity contribution is 0.455. The van der Waals surface area contributed by atoms with Crippen LogP contribution in [0.4, 0.5) is 0 Å². The van der Waals surface area contributed by atoms with E-state index in [1.807, 2.05) is 13.8 Å². The molecule has 0 aliphatic rings. The second kappa shape index (κ2) is 8.30. The first-order valence-electron chi connectivity index (χ1n) is 8.18. The predicted molar refractivity (Wildman–Crippen MR) is 107 cm³/mol. The van der Waals surface area contributed by atoms with Gasteiger partial charge in [-0.05, 0) is 18.6 Å². The van der Waals surface area contributed by atoms with Crippen molar-refractivity contribution in [3.8, 4) is 22.9 Å². The minimum Gasteiger partial charge on any atom is -0.434 e. The van der Waals surface area contributed by atoms with Crippen molar-refractivity contribution in [2.45, 2.75) is 26.2 Å². The van der Waals surface area contributed by atoms with Crippen molar-refractivity contribution in [3.63, 3.8) is 0 Å². The number of hydrogen-bond donors (Lipinski definition) is 2. The summed E-state index contributed by atoms with van der Waals surface area (Å²) in [7, 11) is 0. The van der Waals surface area contributed by atoms with E-state index in [9.17, 15) is 9.59 Å². The summed E-state index contributed by atoms with van der Waals surface area (Å²) in [4.78, 5) is 33.6. The quantitative estimate of drug-likeness (QED) is 0.612. The third-order valence-corrected chi connectivity index (χ3v) is 4.85. The molecule has 3 rings (SSSR count). The molecule has 2 N–H and O–H groups in total. The summed E-state index contributed by atoms with van der Waals surface area (Å²) in [5.41, 5.74) is -0.521. The number of H-pyrrole nitrogens is 2. The molecule has 28 heavy (non-hydrogen) atoms. The van der Waals surface area contributed by atoms with Gasteiger partial charge < -0.3 is 4.74 Å². The fourth-order valence-corrected chi connectivity index (χ4v) is 3.21. The number of rotatable bonds is 5. The van der Waals surface area contributed by atoms with E-state index in [1.54, 1.807) is 0 Å². The molecule has 1 aromatic carbocycles. The van der Waals surface area contributed by atoms with Crippen molar-refractivity contribution in [2.75, 3.05) is 0 Å². The second-order valence-corrected chi connectivity index (χ2v) is 7.09. The van der Waals surface area contributed by atoms with Gasteiger partial charge in [0, 0.05) is 11.5 Å². The molecule has 0 aliphatic carbocycles. The number of hydrogen-bond acceptors (Lipinski definition) is 6. The van der Waals surface area contributed by atoms with Gasteiger partial charge in [-0.15, -0.1) is 0 Å². The van der Waals surface area contributed by atoms with Gasteiger partial charge in [-0.1, -0.05) is 48.7 Å². The highest BCUT2D eigenvalue weighted by molar-refractivity contribution is 6.37. The van der Waals surface area contributed by atoms with E-state index in [4.69, 9.17) is 39.5 Å². The summed E-state index contributed by atoms with van der Waals surface area (Å²) in [6, 6.07) is 2.88. The lowest BCUT2D eigenvalue weighted by Crippen LogP contribution is -2.25. The smallest absolute Gasteiger partial charge is 0.342 e. The Balaban J connectivity index is 1.98. The van der Waals surface area contributed by atoms with Crippen LogP contribution >= 0.6 is 34.8 Å². The van der Waals surface area contributed by atoms with Gasteiger partial charge in [-0.25, -0.2) is 19.9 Å². The number of nitrogens with one attached hydrogen (secondary N) is 2. The highest BCUT2D eigenvalue weighted by atomic mass is 35.5. The third-order valence-electron chi connectivity index (χ3n) is 4.00. The van der Waals surface area contributed by atoms with Gasteiger partial charge in [0.2, 0.25) is 5.88 Å². The topological polar surface area (TPSA) is 114 Å². The fourth-order valence-electron chi connectivity index (χ4n) is 2.37. The average molecular weight is 443 g/mol. The fraction of sp³-hybridized carbons (Fsp3) is 0.235. The number of aromatic amines is 2. The standard InChI is InChI=1S/C17H14Cl3N5O3/c1-3-7(2)12-15(20)21-6-11(22-12)28-14-9(18)4-8(5-10(14)19)13-16(26)23-17(27)25-24-13/h4-7H,3H2,1-2H3,(H2,23,25,26,27). The van der Waals surface area contributed by atoms with E-state index in [1.165, 1.54) is 18.3 Å². The molecule has 11 heteroatoms. The Morgan fingerprint density at radius 3 is 2.46 bits per heavy atom. The molecule has 1 atom stereocenters. The predicted octanol–water partition coefficient (Wildman–Crippen LogP) is 4.18. The first-order valence-corrected chi connectivity index (χ1v) is 9.32. The second-order valence-electron chi connectivity index (χ2n) is 5.92. The van der Waals surface area contributed by atoms with Crippen LogP contribution in [0.15, 0.2) is 27.9 Å². The van der Waals surface area contributed by atoms with Gasteiger partial charge in [0.1, 0.15) is 0 Å². The highest BCUT2D eigenvalue weighted by Crippen LogP contribution is 2.39. The van der Waals surface area contributed by atoms with Crippen molar-refractivity contribution in [3.05, 3.63) is 60.1 Å². The van der Waals surface area contributed by atoms with Crippen LogP contribution < -0.4 is 16.0 Å². The van der Waals surface area contributed by atoms with Gasteiger partial charge in [0.05, 0.1) is 21.9 Å². The highest BCUT2D eigenvalue weighted by Gasteiger charge is 2.17. The molecule has 0 fully saturated rings. The molecule has 1 unspecified atom stereocenters. The minimum atomic E-state index is -0.718. The van der Waals surface area contributed by atoms with Crippen molar-refractivity contribution in [2.24, 2.45) is 0 Å². The molecule has 8 nitrogen and oxygen atoms in total. The summed E-state index contributed by atoms with van der Waals surface area (Å²) in [5, 5.41) is 6.42.